The summed E-state index contributed by atoms with van der Waals surface area (Å²) in [7, 11) is 0. The standard InChI is InChI=1S/C10HF21OS/c11-1(12,3(15,16)5(19,20)7(23,24)25)2(13,14)4(17,18)6(21,22)9(29,30)33-10(31,32)8(26,27)28/h32H. The second-order valence-electron chi connectivity index (χ2n) is 5.62. The van der Waals surface area contributed by atoms with Gasteiger partial charge in [0.1, 0.15) is 0 Å². The maximum atomic E-state index is 13.2. The molecular weight excluding hydrogens is 567 g/mol. The lowest BCUT2D eigenvalue weighted by Crippen LogP contribution is -2.74. The highest BCUT2D eigenvalue weighted by Gasteiger charge is 2.95. The number of aliphatic hydroxyl groups is 1. The highest BCUT2D eigenvalue weighted by molar-refractivity contribution is 8.01. The van der Waals surface area contributed by atoms with Gasteiger partial charge in [-0.3, -0.25) is 0 Å². The van der Waals surface area contributed by atoms with Crippen LogP contribution in [0.25, 0.3) is 0 Å². The Morgan fingerprint density at radius 3 is 0.818 bits per heavy atom. The Hall–Kier alpha value is -1.16. The van der Waals surface area contributed by atoms with E-state index in [4.69, 9.17) is 5.11 Å². The van der Waals surface area contributed by atoms with Crippen LogP contribution in [0.2, 0.25) is 0 Å². The second kappa shape index (κ2) is 7.67. The number of hydrogen-bond donors (Lipinski definition) is 1. The van der Waals surface area contributed by atoms with Crippen LogP contribution in [-0.4, -0.2) is 63.4 Å². The first-order valence-corrected chi connectivity index (χ1v) is 7.42. The van der Waals surface area contributed by atoms with E-state index in [0.29, 0.717) is 0 Å². The van der Waals surface area contributed by atoms with E-state index in [2.05, 4.69) is 0 Å². The second-order valence-corrected chi connectivity index (χ2v) is 6.88. The Morgan fingerprint density at radius 1 is 0.333 bits per heavy atom. The van der Waals surface area contributed by atoms with Crippen molar-refractivity contribution in [3.63, 3.8) is 0 Å². The first kappa shape index (κ1) is 31.8. The number of hydrogen-bond acceptors (Lipinski definition) is 2. The molecule has 0 aliphatic carbocycles. The molecule has 0 fully saturated rings. The highest BCUT2D eigenvalue weighted by atomic mass is 32.2. The first-order chi connectivity index (χ1) is 13.7. The first-order valence-electron chi connectivity index (χ1n) is 6.60. The Balaban J connectivity index is 6.77. The van der Waals surface area contributed by atoms with Gasteiger partial charge >= 0.3 is 58.3 Å². The summed E-state index contributed by atoms with van der Waals surface area (Å²) in [6.07, 6.45) is -15.1. The molecule has 0 amide bonds. The molecule has 200 valence electrons. The van der Waals surface area contributed by atoms with Gasteiger partial charge in [0.15, 0.2) is 0 Å². The quantitative estimate of drug-likeness (QED) is 0.255. The normalized spacial score (nSPS) is 18.4. The molecule has 0 aromatic rings. The zero-order valence-electron chi connectivity index (χ0n) is 13.8. The van der Waals surface area contributed by atoms with Gasteiger partial charge in [0.25, 0.3) is 0 Å². The fourth-order valence-corrected chi connectivity index (χ4v) is 2.15. The minimum atomic E-state index is -9.03. The van der Waals surface area contributed by atoms with E-state index in [1.54, 1.807) is 0 Å². The van der Waals surface area contributed by atoms with Crippen LogP contribution in [0.3, 0.4) is 0 Å². The lowest BCUT2D eigenvalue weighted by molar-refractivity contribution is -0.458. The molecule has 0 saturated heterocycles. The minimum absolute atomic E-state index is 3.70. The maximum absolute atomic E-state index is 13.2. The summed E-state index contributed by atoms with van der Waals surface area (Å²) in [5.74, 6) is -52.7. The summed E-state index contributed by atoms with van der Waals surface area (Å²) < 4.78 is 266. The summed E-state index contributed by atoms with van der Waals surface area (Å²) in [6, 6.07) is 0. The molecule has 1 N–H and O–H groups in total. The third-order valence-corrected chi connectivity index (χ3v) is 4.32. The van der Waals surface area contributed by atoms with Crippen molar-refractivity contribution >= 4 is 11.8 Å². The van der Waals surface area contributed by atoms with Crippen LogP contribution >= 0.6 is 11.8 Å². The Labute approximate surface area is 168 Å². The molecule has 33 heavy (non-hydrogen) atoms. The van der Waals surface area contributed by atoms with Gasteiger partial charge in [0.05, 0.1) is 0 Å². The number of alkyl halides is 21. The van der Waals surface area contributed by atoms with Gasteiger partial charge in [-0.2, -0.15) is 92.2 Å². The van der Waals surface area contributed by atoms with E-state index in [1.165, 1.54) is 0 Å². The van der Waals surface area contributed by atoms with Crippen molar-refractivity contribution in [3.05, 3.63) is 0 Å². The van der Waals surface area contributed by atoms with Crippen LogP contribution in [0, 0.1) is 0 Å². The summed E-state index contributed by atoms with van der Waals surface area (Å²) in [6.45, 7) is 0. The zero-order chi connectivity index (χ0) is 27.7. The summed E-state index contributed by atoms with van der Waals surface area (Å²) in [5.41, 5.74) is 0. The number of halogens is 21. The molecule has 0 spiro atoms. The van der Waals surface area contributed by atoms with Crippen molar-refractivity contribution in [2.45, 2.75) is 58.3 Å². The smallest absolute Gasteiger partial charge is 0.346 e. The molecule has 0 bridgehead atoms. The van der Waals surface area contributed by atoms with Crippen molar-refractivity contribution in [3.8, 4) is 0 Å². The molecule has 0 heterocycles. The van der Waals surface area contributed by atoms with Crippen LogP contribution in [-0.2, 0) is 0 Å². The van der Waals surface area contributed by atoms with E-state index in [9.17, 15) is 92.2 Å². The van der Waals surface area contributed by atoms with Crippen LogP contribution in [0.5, 0.6) is 0 Å². The summed E-state index contributed by atoms with van der Waals surface area (Å²) >= 11 is -3.70. The van der Waals surface area contributed by atoms with Crippen molar-refractivity contribution in [2.24, 2.45) is 0 Å². The van der Waals surface area contributed by atoms with Gasteiger partial charge in [-0.05, 0) is 11.8 Å². The van der Waals surface area contributed by atoms with E-state index in [-0.39, 0.29) is 0 Å². The molecule has 0 rings (SSSR count). The molecule has 0 radical (unpaired) electrons. The molecule has 1 unspecified atom stereocenters. The van der Waals surface area contributed by atoms with E-state index in [1.807, 2.05) is 0 Å². The molecule has 0 aromatic heterocycles. The van der Waals surface area contributed by atoms with Gasteiger partial charge in [-0.15, -0.1) is 0 Å². The molecule has 1 atom stereocenters. The lowest BCUT2D eigenvalue weighted by Gasteiger charge is -2.43. The van der Waals surface area contributed by atoms with Crippen LogP contribution in [0.1, 0.15) is 0 Å². The fourth-order valence-electron chi connectivity index (χ4n) is 1.44. The topological polar surface area (TPSA) is 20.2 Å². The monoisotopic (exact) mass is 568 g/mol. The molecule has 0 saturated carbocycles. The van der Waals surface area contributed by atoms with Crippen LogP contribution in [0.4, 0.5) is 92.2 Å². The SMILES string of the molecule is OC(F)(SC(F)(F)C(F)(F)C(F)(F)C(F)(F)C(F)(F)C(F)(F)C(F)(F)C(F)(F)F)C(F)(F)F. The van der Waals surface area contributed by atoms with E-state index < -0.39 is 70.1 Å². The van der Waals surface area contributed by atoms with Gasteiger partial charge in [0, 0.05) is 0 Å². The molecule has 23 heteroatoms. The Morgan fingerprint density at radius 2 is 0.576 bits per heavy atom. The van der Waals surface area contributed by atoms with E-state index >= 15 is 0 Å². The van der Waals surface area contributed by atoms with Gasteiger partial charge in [-0.1, -0.05) is 0 Å². The molecule has 0 aromatic carbocycles. The predicted molar refractivity (Wildman–Crippen MR) is 60.4 cm³/mol. The van der Waals surface area contributed by atoms with Crippen LogP contribution in [0.15, 0.2) is 0 Å². The van der Waals surface area contributed by atoms with Crippen LogP contribution < -0.4 is 0 Å². The average molecular weight is 568 g/mol. The number of thioether (sulfide) groups is 1. The van der Waals surface area contributed by atoms with E-state index in [0.717, 1.165) is 0 Å². The Bertz CT molecular complexity index is 714. The highest BCUT2D eigenvalue weighted by Crippen LogP contribution is 2.66. The predicted octanol–water partition coefficient (Wildman–Crippen LogP) is 6.86. The third kappa shape index (κ3) is 4.34. The largest absolute Gasteiger partial charge is 0.460 e. The number of rotatable bonds is 8. The van der Waals surface area contributed by atoms with Gasteiger partial charge in [0.2, 0.25) is 0 Å². The maximum Gasteiger partial charge on any atom is 0.460 e. The molecule has 0 aliphatic heterocycles. The summed E-state index contributed by atoms with van der Waals surface area (Å²) in [5, 5.41) is -6.59. The average Bonchev–Trinajstić information content (AvgIpc) is 2.50. The molecule has 0 aliphatic rings. The van der Waals surface area contributed by atoms with Gasteiger partial charge < -0.3 is 5.11 Å². The van der Waals surface area contributed by atoms with Gasteiger partial charge in [-0.25, -0.2) is 0 Å². The van der Waals surface area contributed by atoms with Crippen molar-refractivity contribution in [1.29, 1.82) is 0 Å². The molecule has 1 nitrogen and oxygen atoms in total. The zero-order valence-corrected chi connectivity index (χ0v) is 14.6. The third-order valence-electron chi connectivity index (χ3n) is 3.31. The minimum Gasteiger partial charge on any atom is -0.346 e. The van der Waals surface area contributed by atoms with Crippen molar-refractivity contribution < 1.29 is 97.3 Å². The van der Waals surface area contributed by atoms with Crippen molar-refractivity contribution in [1.82, 2.24) is 0 Å². The fraction of sp³-hybridized carbons (Fsp3) is 1.00. The van der Waals surface area contributed by atoms with Crippen molar-refractivity contribution in [2.75, 3.05) is 0 Å². The Kier molecular flexibility index (Phi) is 7.40. The summed E-state index contributed by atoms with van der Waals surface area (Å²) in [4.78, 5) is 0. The molecular formula is C10HF21OS. The lowest BCUT2D eigenvalue weighted by atomic mass is 9.91.